The number of nitrogens with two attached hydrogens (primary N) is 1. The summed E-state index contributed by atoms with van der Waals surface area (Å²) in [6.07, 6.45) is 2.00. The van der Waals surface area contributed by atoms with Crippen LogP contribution in [-0.2, 0) is 10.0 Å². The molecule has 2 aromatic rings. The first-order valence-electron chi connectivity index (χ1n) is 5.18. The van der Waals surface area contributed by atoms with Crippen LogP contribution in [0.4, 0.5) is 20.2 Å². The van der Waals surface area contributed by atoms with Gasteiger partial charge in [-0.1, -0.05) is 11.6 Å². The van der Waals surface area contributed by atoms with Crippen LogP contribution in [0.1, 0.15) is 0 Å². The second-order valence-electron chi connectivity index (χ2n) is 3.77. The van der Waals surface area contributed by atoms with Crippen molar-refractivity contribution in [3.05, 3.63) is 47.2 Å². The average Bonchev–Trinajstić information content (AvgIpc) is 2.36. The lowest BCUT2D eigenvalue weighted by Crippen LogP contribution is -2.16. The average molecular weight is 320 g/mol. The molecule has 0 fully saturated rings. The van der Waals surface area contributed by atoms with E-state index in [2.05, 4.69) is 4.98 Å². The van der Waals surface area contributed by atoms with Crippen molar-refractivity contribution >= 4 is 33.0 Å². The zero-order chi connectivity index (χ0) is 14.9. The molecule has 9 heteroatoms. The molecule has 0 amide bonds. The molecule has 5 nitrogen and oxygen atoms in total. The summed E-state index contributed by atoms with van der Waals surface area (Å²) in [6, 6.07) is 3.05. The van der Waals surface area contributed by atoms with Crippen LogP contribution in [0.15, 0.2) is 35.5 Å². The SMILES string of the molecule is Nc1cc(Cl)cc(S(=O)(=O)Nc2ccncc2F)c1F. The van der Waals surface area contributed by atoms with Crippen molar-refractivity contribution in [1.29, 1.82) is 0 Å². The van der Waals surface area contributed by atoms with Crippen LogP contribution < -0.4 is 10.5 Å². The van der Waals surface area contributed by atoms with Crippen LogP contribution in [0, 0.1) is 11.6 Å². The molecule has 1 heterocycles. The maximum Gasteiger partial charge on any atom is 0.265 e. The lowest BCUT2D eigenvalue weighted by atomic mass is 10.3. The number of anilines is 2. The molecular weight excluding hydrogens is 312 g/mol. The van der Waals surface area contributed by atoms with Gasteiger partial charge in [0.25, 0.3) is 10.0 Å². The minimum atomic E-state index is -4.37. The Bertz CT molecular complexity index is 768. The van der Waals surface area contributed by atoms with E-state index in [0.717, 1.165) is 24.4 Å². The summed E-state index contributed by atoms with van der Waals surface area (Å²) in [4.78, 5) is 2.70. The molecular formula is C11H8ClF2N3O2S. The fourth-order valence-corrected chi connectivity index (χ4v) is 2.93. The molecule has 0 aliphatic rings. The molecule has 0 radical (unpaired) electrons. The number of nitrogens with zero attached hydrogens (tertiary/aromatic N) is 1. The van der Waals surface area contributed by atoms with Gasteiger partial charge in [-0.25, -0.2) is 17.2 Å². The highest BCUT2D eigenvalue weighted by Crippen LogP contribution is 2.27. The minimum Gasteiger partial charge on any atom is -0.396 e. The van der Waals surface area contributed by atoms with Gasteiger partial charge in [-0.15, -0.1) is 0 Å². The Morgan fingerprint density at radius 1 is 1.30 bits per heavy atom. The molecule has 0 aliphatic heterocycles. The van der Waals surface area contributed by atoms with Crippen LogP contribution in [0.3, 0.4) is 0 Å². The predicted octanol–water partition coefficient (Wildman–Crippen LogP) is 2.40. The highest BCUT2D eigenvalue weighted by Gasteiger charge is 2.23. The first-order valence-corrected chi connectivity index (χ1v) is 7.04. The molecule has 0 saturated carbocycles. The second-order valence-corrected chi connectivity index (χ2v) is 5.86. The van der Waals surface area contributed by atoms with E-state index in [-0.39, 0.29) is 10.7 Å². The highest BCUT2D eigenvalue weighted by molar-refractivity contribution is 7.92. The Hall–Kier alpha value is -1.93. The molecule has 106 valence electrons. The fraction of sp³-hybridized carbons (Fsp3) is 0. The van der Waals surface area contributed by atoms with Crippen molar-refractivity contribution in [1.82, 2.24) is 4.98 Å². The quantitative estimate of drug-likeness (QED) is 0.851. The minimum absolute atomic E-state index is 0.0560. The number of sulfonamides is 1. The van der Waals surface area contributed by atoms with E-state index in [4.69, 9.17) is 17.3 Å². The van der Waals surface area contributed by atoms with E-state index in [1.165, 1.54) is 6.20 Å². The summed E-state index contributed by atoms with van der Waals surface area (Å²) < 4.78 is 53.1. The van der Waals surface area contributed by atoms with E-state index in [9.17, 15) is 17.2 Å². The van der Waals surface area contributed by atoms with E-state index in [1.807, 2.05) is 4.72 Å². The first kappa shape index (κ1) is 14.5. The monoisotopic (exact) mass is 319 g/mol. The van der Waals surface area contributed by atoms with Gasteiger partial charge in [0.1, 0.15) is 4.90 Å². The van der Waals surface area contributed by atoms with Gasteiger partial charge in [-0.2, -0.15) is 0 Å². The number of nitrogens with one attached hydrogen (secondary N) is 1. The molecule has 0 aliphatic carbocycles. The smallest absolute Gasteiger partial charge is 0.265 e. The molecule has 0 spiro atoms. The number of nitrogen functional groups attached to an aromatic ring is 1. The summed E-state index contributed by atoms with van der Waals surface area (Å²) in [7, 11) is -4.37. The Balaban J connectivity index is 2.49. The number of pyridine rings is 1. The van der Waals surface area contributed by atoms with Crippen molar-refractivity contribution in [3.8, 4) is 0 Å². The van der Waals surface area contributed by atoms with Crippen molar-refractivity contribution in [2.45, 2.75) is 4.90 Å². The second kappa shape index (κ2) is 5.22. The normalized spacial score (nSPS) is 11.3. The molecule has 0 unspecified atom stereocenters. The molecule has 20 heavy (non-hydrogen) atoms. The number of hydrogen-bond acceptors (Lipinski definition) is 4. The summed E-state index contributed by atoms with van der Waals surface area (Å²) in [6.45, 7) is 0. The van der Waals surface area contributed by atoms with Crippen LogP contribution in [0.2, 0.25) is 5.02 Å². The van der Waals surface area contributed by atoms with Gasteiger partial charge < -0.3 is 5.73 Å². The van der Waals surface area contributed by atoms with Gasteiger partial charge in [-0.3, -0.25) is 9.71 Å². The maximum absolute atomic E-state index is 13.8. The molecule has 3 N–H and O–H groups in total. The largest absolute Gasteiger partial charge is 0.396 e. The highest BCUT2D eigenvalue weighted by atomic mass is 35.5. The number of benzene rings is 1. The van der Waals surface area contributed by atoms with Gasteiger partial charge in [0, 0.05) is 11.2 Å². The third kappa shape index (κ3) is 2.81. The standard InChI is InChI=1S/C11H8ClF2N3O2S/c12-6-3-8(15)11(14)10(4-6)20(18,19)17-9-1-2-16-5-7(9)13/h1-5H,15H2,(H,16,17). The van der Waals surface area contributed by atoms with Gasteiger partial charge in [0.15, 0.2) is 11.6 Å². The Morgan fingerprint density at radius 2 is 2.00 bits per heavy atom. The van der Waals surface area contributed by atoms with Crippen molar-refractivity contribution in [2.75, 3.05) is 10.5 Å². The van der Waals surface area contributed by atoms with Crippen molar-refractivity contribution in [3.63, 3.8) is 0 Å². The Kier molecular flexibility index (Phi) is 3.78. The van der Waals surface area contributed by atoms with E-state index in [1.54, 1.807) is 0 Å². The van der Waals surface area contributed by atoms with Gasteiger partial charge in [0.05, 0.1) is 17.6 Å². The van der Waals surface area contributed by atoms with E-state index >= 15 is 0 Å². The summed E-state index contributed by atoms with van der Waals surface area (Å²) in [5.41, 5.74) is 4.52. The summed E-state index contributed by atoms with van der Waals surface area (Å²) in [5.74, 6) is -2.05. The number of halogens is 3. The fourth-order valence-electron chi connectivity index (χ4n) is 1.44. The van der Waals surface area contributed by atoms with Crippen LogP contribution >= 0.6 is 11.6 Å². The molecule has 0 saturated heterocycles. The van der Waals surface area contributed by atoms with Crippen LogP contribution in [0.5, 0.6) is 0 Å². The van der Waals surface area contributed by atoms with E-state index < -0.39 is 32.2 Å². The number of aromatic nitrogens is 1. The lowest BCUT2D eigenvalue weighted by molar-refractivity contribution is 0.571. The Labute approximate surface area is 118 Å². The lowest BCUT2D eigenvalue weighted by Gasteiger charge is -2.10. The molecule has 0 atom stereocenters. The van der Waals surface area contributed by atoms with Gasteiger partial charge in [-0.05, 0) is 18.2 Å². The maximum atomic E-state index is 13.8. The first-order chi connectivity index (χ1) is 9.31. The third-order valence-electron chi connectivity index (χ3n) is 2.34. The molecule has 1 aromatic carbocycles. The number of rotatable bonds is 3. The van der Waals surface area contributed by atoms with Gasteiger partial charge >= 0.3 is 0 Å². The van der Waals surface area contributed by atoms with E-state index in [0.29, 0.717) is 0 Å². The predicted molar refractivity (Wildman–Crippen MR) is 70.8 cm³/mol. The van der Waals surface area contributed by atoms with Gasteiger partial charge in [0.2, 0.25) is 0 Å². The molecule has 2 rings (SSSR count). The third-order valence-corrected chi connectivity index (χ3v) is 3.92. The summed E-state index contributed by atoms with van der Waals surface area (Å²) >= 11 is 5.64. The zero-order valence-electron chi connectivity index (χ0n) is 9.77. The molecule has 1 aromatic heterocycles. The van der Waals surface area contributed by atoms with Crippen molar-refractivity contribution in [2.24, 2.45) is 0 Å². The number of hydrogen-bond donors (Lipinski definition) is 2. The zero-order valence-corrected chi connectivity index (χ0v) is 11.3. The Morgan fingerprint density at radius 3 is 2.65 bits per heavy atom. The molecule has 0 bridgehead atoms. The summed E-state index contributed by atoms with van der Waals surface area (Å²) in [5, 5.41) is -0.0560. The van der Waals surface area contributed by atoms with Crippen molar-refractivity contribution < 1.29 is 17.2 Å². The topological polar surface area (TPSA) is 85.1 Å². The van der Waals surface area contributed by atoms with Crippen LogP contribution in [0.25, 0.3) is 0 Å². The van der Waals surface area contributed by atoms with Crippen LogP contribution in [-0.4, -0.2) is 13.4 Å².